The molecule has 1 N–H and O–H groups in total. The van der Waals surface area contributed by atoms with Crippen LogP contribution in [0.25, 0.3) is 83.9 Å². The van der Waals surface area contributed by atoms with Crippen molar-refractivity contribution in [3.63, 3.8) is 0 Å². The highest BCUT2D eigenvalue weighted by atomic mass is 16.3. The van der Waals surface area contributed by atoms with Crippen molar-refractivity contribution >= 4 is 11.0 Å². The summed E-state index contributed by atoms with van der Waals surface area (Å²) in [5.41, 5.74) is 13.8. The molecule has 54 heavy (non-hydrogen) atoms. The van der Waals surface area contributed by atoms with E-state index in [0.717, 1.165) is 72.5 Å². The number of hydrogen-bond donors (Lipinski definition) is 1. The molecule has 0 bridgehead atoms. The van der Waals surface area contributed by atoms with Gasteiger partial charge in [0.2, 0.25) is 0 Å². The van der Waals surface area contributed by atoms with E-state index >= 15 is 0 Å². The molecule has 0 spiro atoms. The van der Waals surface area contributed by atoms with E-state index < -0.39 is 6.85 Å². The third-order valence-electron chi connectivity index (χ3n) is 9.94. The Bertz CT molecular complexity index is 2900. The fourth-order valence-electron chi connectivity index (χ4n) is 7.24. The third-order valence-corrected chi connectivity index (χ3v) is 9.94. The first-order chi connectivity index (χ1) is 27.7. The van der Waals surface area contributed by atoms with Crippen molar-refractivity contribution in [3.05, 3.63) is 193 Å². The highest BCUT2D eigenvalue weighted by Gasteiger charge is 2.22. The number of aromatic hydroxyl groups is 1. The van der Waals surface area contributed by atoms with Gasteiger partial charge in [-0.3, -0.25) is 9.55 Å². The molecule has 4 heteroatoms. The van der Waals surface area contributed by atoms with Crippen LogP contribution in [0.1, 0.15) is 15.2 Å². The molecule has 0 unspecified atom stereocenters. The van der Waals surface area contributed by atoms with Gasteiger partial charge in [-0.05, 0) is 108 Å². The van der Waals surface area contributed by atoms with Gasteiger partial charge in [0.1, 0.15) is 11.6 Å². The zero-order valence-corrected chi connectivity index (χ0v) is 29.6. The Kier molecular flexibility index (Phi) is 7.56. The van der Waals surface area contributed by atoms with E-state index in [1.165, 1.54) is 5.56 Å². The molecule has 0 amide bonds. The van der Waals surface area contributed by atoms with E-state index in [9.17, 15) is 5.11 Å². The van der Waals surface area contributed by atoms with Crippen LogP contribution in [0, 0.1) is 13.8 Å². The zero-order valence-electron chi connectivity index (χ0n) is 32.6. The second-order valence-electron chi connectivity index (χ2n) is 13.5. The molecule has 7 aromatic carbocycles. The number of nitrogens with zero attached hydrogens (tertiary/aromatic N) is 3. The van der Waals surface area contributed by atoms with Crippen LogP contribution in [-0.4, -0.2) is 19.6 Å². The molecule has 0 atom stereocenters. The molecule has 0 fully saturated rings. The maximum absolute atomic E-state index is 11.3. The summed E-state index contributed by atoms with van der Waals surface area (Å²) in [6.45, 7) is -0.214. The standard InChI is InChI=1S/C50H37N3O/c1-33-20-23-36(24-21-33)38-26-27-51-45(32-38)41-30-39(35-12-5-3-6-13-35)29-40(31-41)42-17-11-18-47-49(42)52-50(43-16-9-10-19-48(43)54)53(47)46-25-22-34(2)28-44(46)37-14-7-4-8-15-37/h3-32,54H,1-2H3/i2D3. The minimum absolute atomic E-state index is 0.0869. The summed E-state index contributed by atoms with van der Waals surface area (Å²) in [6.07, 6.45) is 1.86. The van der Waals surface area contributed by atoms with Gasteiger partial charge in [-0.15, -0.1) is 0 Å². The van der Waals surface area contributed by atoms with Gasteiger partial charge in [-0.25, -0.2) is 4.98 Å². The van der Waals surface area contributed by atoms with E-state index in [1.54, 1.807) is 24.3 Å². The van der Waals surface area contributed by atoms with Gasteiger partial charge in [0.05, 0.1) is 28.0 Å². The van der Waals surface area contributed by atoms with E-state index in [1.807, 2.05) is 95.7 Å². The topological polar surface area (TPSA) is 50.9 Å². The van der Waals surface area contributed by atoms with Gasteiger partial charge in [0.25, 0.3) is 0 Å². The number of pyridine rings is 1. The largest absolute Gasteiger partial charge is 0.507 e. The van der Waals surface area contributed by atoms with Gasteiger partial charge in [0, 0.05) is 27.0 Å². The van der Waals surface area contributed by atoms with E-state index in [-0.39, 0.29) is 11.3 Å². The first kappa shape index (κ1) is 29.5. The predicted molar refractivity (Wildman–Crippen MR) is 223 cm³/mol. The molecule has 2 aromatic heterocycles. The van der Waals surface area contributed by atoms with Crippen molar-refractivity contribution in [1.82, 2.24) is 14.5 Å². The van der Waals surface area contributed by atoms with Gasteiger partial charge in [0.15, 0.2) is 0 Å². The number of imidazole rings is 1. The number of phenolic OH excluding ortho intramolecular Hbond substituents is 1. The van der Waals surface area contributed by atoms with Crippen molar-refractivity contribution in [2.24, 2.45) is 0 Å². The van der Waals surface area contributed by atoms with Gasteiger partial charge in [-0.1, -0.05) is 126 Å². The Labute approximate surface area is 319 Å². The lowest BCUT2D eigenvalue weighted by Gasteiger charge is -2.16. The van der Waals surface area contributed by atoms with E-state index in [4.69, 9.17) is 14.1 Å². The van der Waals surface area contributed by atoms with Gasteiger partial charge < -0.3 is 5.11 Å². The second-order valence-corrected chi connectivity index (χ2v) is 13.5. The Hall–Kier alpha value is -7.04. The molecule has 0 saturated carbocycles. The number of para-hydroxylation sites is 2. The summed E-state index contributed by atoms with van der Waals surface area (Å²) in [4.78, 5) is 10.2. The first-order valence-corrected chi connectivity index (χ1v) is 18.0. The summed E-state index contributed by atoms with van der Waals surface area (Å²) >= 11 is 0. The smallest absolute Gasteiger partial charge is 0.149 e. The SMILES string of the molecule is [2H]C([2H])([2H])c1ccc(-n2c(-c3ccccc3O)nc3c(-c4cc(-c5ccccc5)cc(-c5cc(-c6ccc(C)cc6)ccn5)c4)cccc32)c(-c2ccccc2)c1. The summed E-state index contributed by atoms with van der Waals surface area (Å²) in [7, 11) is 0. The molecule has 2 heterocycles. The summed E-state index contributed by atoms with van der Waals surface area (Å²) < 4.78 is 26.7. The molecule has 4 nitrogen and oxygen atoms in total. The summed E-state index contributed by atoms with van der Waals surface area (Å²) in [5.74, 6) is 0.616. The number of fused-ring (bicyclic) bond motifs is 1. The average molecular weight is 699 g/mol. The summed E-state index contributed by atoms with van der Waals surface area (Å²) in [5, 5.41) is 11.3. The highest BCUT2D eigenvalue weighted by molar-refractivity contribution is 5.98. The number of hydrogen-bond acceptors (Lipinski definition) is 3. The van der Waals surface area contributed by atoms with Crippen molar-refractivity contribution in [1.29, 1.82) is 0 Å². The molecule has 0 aliphatic rings. The van der Waals surface area contributed by atoms with Crippen LogP contribution in [0.2, 0.25) is 0 Å². The highest BCUT2D eigenvalue weighted by Crippen LogP contribution is 2.41. The van der Waals surface area contributed by atoms with Gasteiger partial charge in [-0.2, -0.15) is 0 Å². The number of aryl methyl sites for hydroxylation is 2. The Morgan fingerprint density at radius 1 is 0.500 bits per heavy atom. The first-order valence-electron chi connectivity index (χ1n) is 19.5. The fourth-order valence-corrected chi connectivity index (χ4v) is 7.24. The maximum atomic E-state index is 11.3. The normalized spacial score (nSPS) is 12.3. The third kappa shape index (κ3) is 6.14. The second kappa shape index (κ2) is 13.8. The fraction of sp³-hybridized carbons (Fsp3) is 0.0400. The van der Waals surface area contributed by atoms with E-state index in [0.29, 0.717) is 11.4 Å². The van der Waals surface area contributed by atoms with Crippen molar-refractivity contribution < 1.29 is 9.22 Å². The minimum atomic E-state index is -2.30. The van der Waals surface area contributed by atoms with Crippen LogP contribution in [0.5, 0.6) is 5.75 Å². The average Bonchev–Trinajstić information content (AvgIpc) is 3.63. The molecular formula is C50H37N3O. The number of aromatic nitrogens is 3. The van der Waals surface area contributed by atoms with E-state index in [2.05, 4.69) is 73.7 Å². The van der Waals surface area contributed by atoms with Crippen molar-refractivity contribution in [3.8, 4) is 78.6 Å². The molecule has 0 radical (unpaired) electrons. The lowest BCUT2D eigenvalue weighted by molar-refractivity contribution is 0.477. The molecule has 0 aliphatic heterocycles. The van der Waals surface area contributed by atoms with Crippen LogP contribution in [0.3, 0.4) is 0 Å². The lowest BCUT2D eigenvalue weighted by Crippen LogP contribution is -2.01. The Morgan fingerprint density at radius 3 is 1.94 bits per heavy atom. The number of phenols is 1. The number of benzene rings is 7. The molecule has 258 valence electrons. The number of rotatable bonds is 7. The van der Waals surface area contributed by atoms with Crippen molar-refractivity contribution in [2.75, 3.05) is 0 Å². The molecule has 0 aliphatic carbocycles. The van der Waals surface area contributed by atoms with Gasteiger partial charge >= 0.3 is 0 Å². The molecule has 9 aromatic rings. The Balaban J connectivity index is 1.30. The van der Waals surface area contributed by atoms with Crippen LogP contribution < -0.4 is 0 Å². The monoisotopic (exact) mass is 698 g/mol. The molecule has 0 saturated heterocycles. The molecular weight excluding hydrogens is 659 g/mol. The van der Waals surface area contributed by atoms with Crippen molar-refractivity contribution in [2.45, 2.75) is 13.8 Å². The lowest BCUT2D eigenvalue weighted by atomic mass is 9.93. The van der Waals surface area contributed by atoms with Crippen LogP contribution in [0.4, 0.5) is 0 Å². The Morgan fingerprint density at radius 2 is 1.17 bits per heavy atom. The predicted octanol–water partition coefficient (Wildman–Crippen LogP) is 12.7. The quantitative estimate of drug-likeness (QED) is 0.180. The summed E-state index contributed by atoms with van der Waals surface area (Å²) in [6, 6.07) is 57.9. The maximum Gasteiger partial charge on any atom is 0.149 e. The zero-order chi connectivity index (χ0) is 39.1. The minimum Gasteiger partial charge on any atom is -0.507 e. The molecule has 9 rings (SSSR count). The van der Waals surface area contributed by atoms with Crippen LogP contribution in [0.15, 0.2) is 182 Å². The van der Waals surface area contributed by atoms with Crippen LogP contribution in [-0.2, 0) is 0 Å². The van der Waals surface area contributed by atoms with Crippen LogP contribution >= 0.6 is 0 Å².